The Kier molecular flexibility index (Phi) is 2.43. The van der Waals surface area contributed by atoms with Crippen LogP contribution in [-0.4, -0.2) is 6.04 Å². The lowest BCUT2D eigenvalue weighted by atomic mass is 10.3. The molecule has 2 N–H and O–H groups in total. The molecule has 34 valence electrons. The van der Waals surface area contributed by atoms with Gasteiger partial charge in [0.25, 0.3) is 0 Å². The molecule has 0 rings (SSSR count). The molecule has 0 bridgehead atoms. The Morgan fingerprint density at radius 2 is 2.50 bits per heavy atom. The lowest BCUT2D eigenvalue weighted by Crippen LogP contribution is -2.14. The molecular weight excluding hydrogens is 76.1 g/mol. The molecule has 0 aromatic carbocycles. The molecule has 0 aliphatic rings. The fourth-order valence-electron chi connectivity index (χ4n) is 0.0913. The minimum absolute atomic E-state index is 0.259. The first kappa shape index (κ1) is 5.45. The lowest BCUT2D eigenvalue weighted by Gasteiger charge is -1.88. The minimum Gasteiger partial charge on any atom is -0.316 e. The van der Waals surface area contributed by atoms with E-state index in [0.29, 0.717) is 0 Å². The van der Waals surface area contributed by atoms with Gasteiger partial charge in [0.1, 0.15) is 0 Å². The molecule has 2 heteroatoms. The molecule has 0 amide bonds. The van der Waals surface area contributed by atoms with Crippen LogP contribution >= 0.6 is 0 Å². The van der Waals surface area contributed by atoms with Crippen LogP contribution in [0.2, 0.25) is 0 Å². The number of rotatable bonds is 1. The van der Waals surface area contributed by atoms with Crippen molar-refractivity contribution < 1.29 is 0 Å². The van der Waals surface area contributed by atoms with Gasteiger partial charge in [-0.05, 0) is 6.42 Å². The van der Waals surface area contributed by atoms with Crippen LogP contribution in [0.1, 0.15) is 13.3 Å². The summed E-state index contributed by atoms with van der Waals surface area (Å²) in [6.07, 6.45) is 0.747. The van der Waals surface area contributed by atoms with E-state index in [2.05, 4.69) is 0 Å². The maximum Gasteiger partial charge on any atom is 0.0925 e. The number of hydrogen-bond acceptors (Lipinski definition) is 2. The van der Waals surface area contributed by atoms with Crippen LogP contribution in [0.3, 0.4) is 0 Å². The first-order valence-corrected chi connectivity index (χ1v) is 1.96. The van der Waals surface area contributed by atoms with Crippen LogP contribution in [0.5, 0.6) is 0 Å². The molecule has 0 aliphatic heterocycles. The van der Waals surface area contributed by atoms with Gasteiger partial charge in [0.05, 0.1) is 12.1 Å². The van der Waals surface area contributed by atoms with Crippen molar-refractivity contribution >= 4 is 0 Å². The second kappa shape index (κ2) is 2.67. The highest BCUT2D eigenvalue weighted by atomic mass is 14.6. The van der Waals surface area contributed by atoms with Crippen molar-refractivity contribution in [3.63, 3.8) is 0 Å². The Morgan fingerprint density at radius 1 is 2.00 bits per heavy atom. The van der Waals surface area contributed by atoms with Crippen molar-refractivity contribution in [2.75, 3.05) is 0 Å². The highest BCUT2D eigenvalue weighted by Crippen LogP contribution is 1.77. The van der Waals surface area contributed by atoms with Gasteiger partial charge in [0, 0.05) is 0 Å². The van der Waals surface area contributed by atoms with E-state index in [1.165, 1.54) is 0 Å². The zero-order chi connectivity index (χ0) is 4.99. The molecule has 0 aliphatic carbocycles. The maximum absolute atomic E-state index is 7.96. The van der Waals surface area contributed by atoms with Gasteiger partial charge >= 0.3 is 0 Å². The van der Waals surface area contributed by atoms with Gasteiger partial charge in [-0.2, -0.15) is 5.26 Å². The highest BCUT2D eigenvalue weighted by Gasteiger charge is 1.88. The summed E-state index contributed by atoms with van der Waals surface area (Å²) in [7, 11) is 0. The molecule has 0 fully saturated rings. The largest absolute Gasteiger partial charge is 0.316 e. The lowest BCUT2D eigenvalue weighted by molar-refractivity contribution is 0.795. The van der Waals surface area contributed by atoms with E-state index in [0.717, 1.165) is 6.42 Å². The van der Waals surface area contributed by atoms with E-state index in [4.69, 9.17) is 11.0 Å². The first-order chi connectivity index (χ1) is 2.81. The summed E-state index contributed by atoms with van der Waals surface area (Å²) in [6, 6.07) is 1.63. The van der Waals surface area contributed by atoms with Gasteiger partial charge < -0.3 is 5.73 Å². The fraction of sp³-hybridized carbons (Fsp3) is 0.750. The summed E-state index contributed by atoms with van der Waals surface area (Å²) in [6.45, 7) is 1.88. The van der Waals surface area contributed by atoms with Gasteiger partial charge in [0.15, 0.2) is 0 Å². The van der Waals surface area contributed by atoms with Gasteiger partial charge in [-0.1, -0.05) is 6.92 Å². The van der Waals surface area contributed by atoms with Gasteiger partial charge in [-0.15, -0.1) is 0 Å². The van der Waals surface area contributed by atoms with Crippen LogP contribution in [0.15, 0.2) is 0 Å². The average Bonchev–Trinajstić information content (AvgIpc) is 1.65. The van der Waals surface area contributed by atoms with E-state index in [1.54, 1.807) is 0 Å². The zero-order valence-corrected chi connectivity index (χ0v) is 3.81. The molecule has 6 heavy (non-hydrogen) atoms. The Morgan fingerprint density at radius 3 is 2.50 bits per heavy atom. The van der Waals surface area contributed by atoms with Crippen molar-refractivity contribution in [2.45, 2.75) is 19.4 Å². The summed E-state index contributed by atoms with van der Waals surface area (Å²) in [5.74, 6) is 0. The SMILES string of the molecule is CC[C@H](N)C#N. The van der Waals surface area contributed by atoms with Crippen molar-refractivity contribution in [1.82, 2.24) is 0 Å². The van der Waals surface area contributed by atoms with E-state index in [-0.39, 0.29) is 6.04 Å². The molecule has 1 atom stereocenters. The van der Waals surface area contributed by atoms with E-state index in [1.807, 2.05) is 13.0 Å². The molecule has 0 unspecified atom stereocenters. The molecule has 0 spiro atoms. The molecular formula is C4H8N2. The van der Waals surface area contributed by atoms with Crippen molar-refractivity contribution in [1.29, 1.82) is 5.26 Å². The third kappa shape index (κ3) is 1.74. The molecule has 0 saturated heterocycles. The molecule has 0 aromatic rings. The van der Waals surface area contributed by atoms with Crippen LogP contribution in [-0.2, 0) is 0 Å². The normalized spacial score (nSPS) is 12.8. The molecule has 0 heterocycles. The summed E-state index contributed by atoms with van der Waals surface area (Å²) < 4.78 is 0. The first-order valence-electron chi connectivity index (χ1n) is 1.96. The number of nitriles is 1. The van der Waals surface area contributed by atoms with Gasteiger partial charge in [-0.25, -0.2) is 0 Å². The smallest absolute Gasteiger partial charge is 0.0925 e. The van der Waals surface area contributed by atoms with Crippen LogP contribution in [0.4, 0.5) is 0 Å². The summed E-state index contributed by atoms with van der Waals surface area (Å²) in [4.78, 5) is 0. The monoisotopic (exact) mass is 84.1 g/mol. The second-order valence-electron chi connectivity index (χ2n) is 1.14. The Labute approximate surface area is 37.6 Å². The van der Waals surface area contributed by atoms with Crippen molar-refractivity contribution in [2.24, 2.45) is 5.73 Å². The predicted octanol–water partition coefficient (Wildman–Crippen LogP) is 0.247. The number of hydrogen-bond donors (Lipinski definition) is 1. The standard InChI is InChI=1S/C4H8N2/c1-2-4(6)3-5/h4H,2,6H2,1H3/t4-/m0/s1. The molecule has 0 aromatic heterocycles. The fourth-order valence-corrected chi connectivity index (χ4v) is 0.0913. The van der Waals surface area contributed by atoms with Crippen LogP contribution in [0, 0.1) is 11.3 Å². The Balaban J connectivity index is 3.04. The van der Waals surface area contributed by atoms with Crippen molar-refractivity contribution in [3.05, 3.63) is 0 Å². The number of nitrogens with two attached hydrogens (primary N) is 1. The minimum atomic E-state index is -0.259. The summed E-state index contributed by atoms with van der Waals surface area (Å²) >= 11 is 0. The highest BCUT2D eigenvalue weighted by molar-refractivity contribution is 4.84. The quantitative estimate of drug-likeness (QED) is 0.495. The van der Waals surface area contributed by atoms with Gasteiger partial charge in [0.2, 0.25) is 0 Å². The van der Waals surface area contributed by atoms with E-state index in [9.17, 15) is 0 Å². The van der Waals surface area contributed by atoms with Gasteiger partial charge in [-0.3, -0.25) is 0 Å². The third-order valence-corrected chi connectivity index (χ3v) is 0.606. The predicted molar refractivity (Wildman–Crippen MR) is 23.9 cm³/mol. The van der Waals surface area contributed by atoms with Crippen molar-refractivity contribution in [3.8, 4) is 6.07 Å². The molecule has 2 nitrogen and oxygen atoms in total. The van der Waals surface area contributed by atoms with E-state index >= 15 is 0 Å². The Hall–Kier alpha value is -0.550. The Bertz CT molecular complexity index is 62.4. The van der Waals surface area contributed by atoms with E-state index < -0.39 is 0 Å². The summed E-state index contributed by atoms with van der Waals surface area (Å²) in [5.41, 5.74) is 5.11. The molecule has 0 saturated carbocycles. The summed E-state index contributed by atoms with van der Waals surface area (Å²) in [5, 5.41) is 7.96. The third-order valence-electron chi connectivity index (χ3n) is 0.606. The topological polar surface area (TPSA) is 49.8 Å². The maximum atomic E-state index is 7.96. The number of nitrogens with zero attached hydrogens (tertiary/aromatic N) is 1. The molecule has 0 radical (unpaired) electrons. The zero-order valence-electron chi connectivity index (χ0n) is 3.81. The second-order valence-corrected chi connectivity index (χ2v) is 1.14. The van der Waals surface area contributed by atoms with Crippen LogP contribution < -0.4 is 5.73 Å². The van der Waals surface area contributed by atoms with Crippen LogP contribution in [0.25, 0.3) is 0 Å². The average molecular weight is 84.1 g/mol.